The van der Waals surface area contributed by atoms with Crippen molar-refractivity contribution in [2.45, 2.75) is 6.18 Å². The summed E-state index contributed by atoms with van der Waals surface area (Å²) < 4.78 is 38.8. The lowest BCUT2D eigenvalue weighted by Gasteiger charge is -2.12. The van der Waals surface area contributed by atoms with E-state index in [0.717, 1.165) is 6.20 Å². The molecule has 0 saturated carbocycles. The Hall–Kier alpha value is -2.93. The van der Waals surface area contributed by atoms with E-state index in [0.29, 0.717) is 16.8 Å². The van der Waals surface area contributed by atoms with Crippen molar-refractivity contribution in [1.82, 2.24) is 9.55 Å². The molecule has 0 spiro atoms. The summed E-state index contributed by atoms with van der Waals surface area (Å²) in [5.74, 6) is 0. The molecule has 0 radical (unpaired) electrons. The van der Waals surface area contributed by atoms with E-state index in [1.165, 1.54) is 0 Å². The average Bonchev–Trinajstić information content (AvgIpc) is 2.46. The molecule has 1 heterocycles. The fourth-order valence-electron chi connectivity index (χ4n) is 1.76. The van der Waals surface area contributed by atoms with Crippen molar-refractivity contribution in [3.05, 3.63) is 61.3 Å². The molecule has 0 saturated heterocycles. The van der Waals surface area contributed by atoms with Crippen LogP contribution in [0.3, 0.4) is 0 Å². The number of hydrogen-bond acceptors (Lipinski definition) is 5. The number of benzene rings is 1. The fraction of sp³-hybridized carbons (Fsp3) is 0.0833. The normalized spacial score (nSPS) is 11.1. The standard InChI is InChI=1S/C12H4ClF3N4O3/c13-8-1-6(12(14,15)16)2-9(20(22)23)11(8)19-5-7(3-17)18-4-10(19)21/h1-2,4-5H. The van der Waals surface area contributed by atoms with Gasteiger partial charge in [0, 0.05) is 12.3 Å². The second kappa shape index (κ2) is 5.69. The lowest BCUT2D eigenvalue weighted by atomic mass is 10.1. The quantitative estimate of drug-likeness (QED) is 0.615. The topological polar surface area (TPSA) is 102 Å². The highest BCUT2D eigenvalue weighted by Gasteiger charge is 2.35. The highest BCUT2D eigenvalue weighted by molar-refractivity contribution is 6.33. The largest absolute Gasteiger partial charge is 0.416 e. The minimum atomic E-state index is -4.85. The van der Waals surface area contributed by atoms with Crippen molar-refractivity contribution >= 4 is 17.3 Å². The number of halogens is 4. The SMILES string of the molecule is N#Cc1cn(-c2c(Cl)cc(C(F)(F)F)cc2[N+](=O)[O-])c(=O)cn1. The summed E-state index contributed by atoms with van der Waals surface area (Å²) in [6.07, 6.45) is -3.30. The van der Waals surface area contributed by atoms with E-state index in [4.69, 9.17) is 16.9 Å². The second-order valence-corrected chi connectivity index (χ2v) is 4.58. The van der Waals surface area contributed by atoms with Gasteiger partial charge in [0.25, 0.3) is 11.2 Å². The molecule has 0 unspecified atom stereocenters. The van der Waals surface area contributed by atoms with Gasteiger partial charge in [-0.05, 0) is 6.07 Å². The molecule has 0 N–H and O–H groups in total. The van der Waals surface area contributed by atoms with Crippen LogP contribution in [0.15, 0.2) is 29.3 Å². The van der Waals surface area contributed by atoms with Gasteiger partial charge < -0.3 is 0 Å². The van der Waals surface area contributed by atoms with Crippen LogP contribution in [0.5, 0.6) is 0 Å². The third kappa shape index (κ3) is 3.14. The lowest BCUT2D eigenvalue weighted by Crippen LogP contribution is -2.20. The molecule has 0 atom stereocenters. The first-order valence-corrected chi connectivity index (χ1v) is 6.07. The van der Waals surface area contributed by atoms with E-state index >= 15 is 0 Å². The molecule has 2 aromatic rings. The first-order valence-electron chi connectivity index (χ1n) is 5.69. The van der Waals surface area contributed by atoms with Gasteiger partial charge in [0.05, 0.1) is 21.7 Å². The minimum absolute atomic E-state index is 0.264. The third-order valence-electron chi connectivity index (χ3n) is 2.73. The van der Waals surface area contributed by atoms with Gasteiger partial charge >= 0.3 is 6.18 Å². The number of nitro benzene ring substituents is 1. The van der Waals surface area contributed by atoms with E-state index in [2.05, 4.69) is 4.98 Å². The first kappa shape index (κ1) is 16.4. The van der Waals surface area contributed by atoms with Gasteiger partial charge in [-0.2, -0.15) is 18.4 Å². The Labute approximate surface area is 130 Å². The monoisotopic (exact) mass is 344 g/mol. The van der Waals surface area contributed by atoms with Crippen LogP contribution in [0.2, 0.25) is 5.02 Å². The summed E-state index contributed by atoms with van der Waals surface area (Å²) in [5.41, 5.74) is -4.10. The van der Waals surface area contributed by atoms with Crippen LogP contribution in [0, 0.1) is 21.4 Å². The first-order chi connectivity index (χ1) is 10.6. The van der Waals surface area contributed by atoms with E-state index in [1.54, 1.807) is 6.07 Å². The molecule has 1 aromatic heterocycles. The zero-order valence-electron chi connectivity index (χ0n) is 10.8. The van der Waals surface area contributed by atoms with Gasteiger partial charge in [-0.25, -0.2) is 4.98 Å². The molecule has 0 bridgehead atoms. The van der Waals surface area contributed by atoms with E-state index in [-0.39, 0.29) is 11.8 Å². The van der Waals surface area contributed by atoms with Crippen molar-refractivity contribution in [3.63, 3.8) is 0 Å². The van der Waals surface area contributed by atoms with Crippen molar-refractivity contribution < 1.29 is 18.1 Å². The predicted molar refractivity (Wildman–Crippen MR) is 71.2 cm³/mol. The van der Waals surface area contributed by atoms with Crippen LogP contribution in [0.4, 0.5) is 18.9 Å². The van der Waals surface area contributed by atoms with Gasteiger partial charge in [0.1, 0.15) is 11.8 Å². The molecule has 0 aliphatic rings. The lowest BCUT2D eigenvalue weighted by molar-refractivity contribution is -0.384. The highest BCUT2D eigenvalue weighted by Crippen LogP contribution is 2.38. The predicted octanol–water partition coefficient (Wildman–Crippen LogP) is 2.68. The van der Waals surface area contributed by atoms with Crippen LogP contribution in [0.25, 0.3) is 5.69 Å². The van der Waals surface area contributed by atoms with Crippen LogP contribution in [-0.2, 0) is 6.18 Å². The number of nitriles is 1. The van der Waals surface area contributed by atoms with E-state index < -0.39 is 38.6 Å². The molecule has 0 fully saturated rings. The van der Waals surface area contributed by atoms with E-state index in [9.17, 15) is 28.1 Å². The zero-order valence-corrected chi connectivity index (χ0v) is 11.6. The second-order valence-electron chi connectivity index (χ2n) is 4.17. The molecule has 0 amide bonds. The highest BCUT2D eigenvalue weighted by atomic mass is 35.5. The van der Waals surface area contributed by atoms with Crippen molar-refractivity contribution in [3.8, 4) is 11.8 Å². The number of rotatable bonds is 2. The molecule has 1 aromatic carbocycles. The van der Waals surface area contributed by atoms with Gasteiger partial charge in [-0.15, -0.1) is 0 Å². The zero-order chi connectivity index (χ0) is 17.4. The van der Waals surface area contributed by atoms with Crippen LogP contribution in [-0.4, -0.2) is 14.5 Å². The van der Waals surface area contributed by atoms with E-state index in [1.807, 2.05) is 0 Å². The Kier molecular flexibility index (Phi) is 4.07. The Morgan fingerprint density at radius 3 is 2.57 bits per heavy atom. The number of nitrogens with zero attached hydrogens (tertiary/aromatic N) is 4. The van der Waals surface area contributed by atoms with Gasteiger partial charge in [-0.1, -0.05) is 11.6 Å². The fourth-order valence-corrected chi connectivity index (χ4v) is 2.07. The van der Waals surface area contributed by atoms with Crippen molar-refractivity contribution in [1.29, 1.82) is 5.26 Å². The van der Waals surface area contributed by atoms with Gasteiger partial charge in [-0.3, -0.25) is 19.5 Å². The summed E-state index contributed by atoms with van der Waals surface area (Å²) >= 11 is 5.72. The molecule has 118 valence electrons. The Morgan fingerprint density at radius 1 is 1.39 bits per heavy atom. The molecule has 23 heavy (non-hydrogen) atoms. The third-order valence-corrected chi connectivity index (χ3v) is 3.01. The average molecular weight is 345 g/mol. The number of nitro groups is 1. The minimum Gasteiger partial charge on any atom is -0.272 e. The maximum atomic E-state index is 12.7. The van der Waals surface area contributed by atoms with Crippen LogP contribution in [0.1, 0.15) is 11.3 Å². The number of hydrogen-bond donors (Lipinski definition) is 0. The van der Waals surface area contributed by atoms with Crippen LogP contribution >= 0.6 is 11.6 Å². The molecule has 0 aliphatic heterocycles. The Bertz CT molecular complexity index is 902. The summed E-state index contributed by atoms with van der Waals surface area (Å²) in [4.78, 5) is 25.2. The maximum absolute atomic E-state index is 12.7. The molecule has 2 rings (SSSR count). The molecular formula is C12H4ClF3N4O3. The Morgan fingerprint density at radius 2 is 2.04 bits per heavy atom. The van der Waals surface area contributed by atoms with Crippen molar-refractivity contribution in [2.75, 3.05) is 0 Å². The summed E-state index contributed by atoms with van der Waals surface area (Å²) in [7, 11) is 0. The van der Waals surface area contributed by atoms with Crippen molar-refractivity contribution in [2.24, 2.45) is 0 Å². The molecule has 7 nitrogen and oxygen atoms in total. The summed E-state index contributed by atoms with van der Waals surface area (Å²) in [6.45, 7) is 0. The van der Waals surface area contributed by atoms with Gasteiger partial charge in [0.15, 0.2) is 5.69 Å². The van der Waals surface area contributed by atoms with Crippen LogP contribution < -0.4 is 5.56 Å². The Balaban J connectivity index is 2.86. The maximum Gasteiger partial charge on any atom is 0.416 e. The summed E-state index contributed by atoms with van der Waals surface area (Å²) in [5, 5.41) is 19.2. The summed E-state index contributed by atoms with van der Waals surface area (Å²) in [6, 6.07) is 2.33. The number of aromatic nitrogens is 2. The number of alkyl halides is 3. The smallest absolute Gasteiger partial charge is 0.272 e. The molecular weight excluding hydrogens is 341 g/mol. The molecule has 0 aliphatic carbocycles. The molecule has 11 heteroatoms. The van der Waals surface area contributed by atoms with Gasteiger partial charge in [0.2, 0.25) is 0 Å².